The highest BCUT2D eigenvalue weighted by Gasteiger charge is 2.32. The zero-order valence-corrected chi connectivity index (χ0v) is 28.6. The number of benzene rings is 4. The number of amides is 3. The van der Waals surface area contributed by atoms with Crippen LogP contribution in [0.1, 0.15) is 53.9 Å². The van der Waals surface area contributed by atoms with Gasteiger partial charge in [-0.25, -0.2) is 19.8 Å². The second-order valence-electron chi connectivity index (χ2n) is 11.2. The van der Waals surface area contributed by atoms with E-state index in [2.05, 4.69) is 21.2 Å². The van der Waals surface area contributed by atoms with E-state index in [0.717, 1.165) is 16.3 Å². The number of urea groups is 1. The molecule has 1 aliphatic rings. The van der Waals surface area contributed by atoms with E-state index >= 15 is 0 Å². The van der Waals surface area contributed by atoms with E-state index in [1.54, 1.807) is 63.2 Å². The molecule has 0 bridgehead atoms. The number of carbonyl (C=O) groups is 4. The minimum absolute atomic E-state index is 0.172. The van der Waals surface area contributed by atoms with E-state index in [0.29, 0.717) is 34.7 Å². The first-order chi connectivity index (χ1) is 24.7. The van der Waals surface area contributed by atoms with Gasteiger partial charge in [0.1, 0.15) is 12.4 Å². The standard InChI is InChI=1S/C38H38N4O9/c1-5-48-36(44)26-13-11-24(12-14-26)21-50-30-17-15-25-9-7-8-10-28(25)29(30)20-39-42-33(43)22-51-31-18-16-27(19-32(31)47-4)35-34(37(45)49-6-2)23(3)40-38(46)41-35/h7-20,35H,5-6,21-22H2,1-4H3,(H,42,43)(H2,40,41,46)/b39-20+/t35-/m1/s1. The van der Waals surface area contributed by atoms with Crippen molar-refractivity contribution in [1.82, 2.24) is 16.1 Å². The molecule has 3 N–H and O–H groups in total. The fourth-order valence-corrected chi connectivity index (χ4v) is 5.40. The van der Waals surface area contributed by atoms with E-state index < -0.39 is 23.9 Å². The number of rotatable bonds is 14. The number of carbonyl (C=O) groups excluding carboxylic acids is 4. The molecule has 13 nitrogen and oxygen atoms in total. The van der Waals surface area contributed by atoms with Crippen molar-refractivity contribution in [2.45, 2.75) is 33.4 Å². The van der Waals surface area contributed by atoms with Gasteiger partial charge in [0, 0.05) is 11.3 Å². The summed E-state index contributed by atoms with van der Waals surface area (Å²) in [4.78, 5) is 49.7. The maximum Gasteiger partial charge on any atom is 0.338 e. The Balaban J connectivity index is 1.25. The van der Waals surface area contributed by atoms with Gasteiger partial charge in [0.2, 0.25) is 0 Å². The second-order valence-corrected chi connectivity index (χ2v) is 11.2. The number of hydrazone groups is 1. The predicted octanol–water partition coefficient (Wildman–Crippen LogP) is 5.32. The first-order valence-electron chi connectivity index (χ1n) is 16.2. The van der Waals surface area contributed by atoms with Gasteiger partial charge in [-0.15, -0.1) is 0 Å². The van der Waals surface area contributed by atoms with Gasteiger partial charge in [-0.05, 0) is 73.0 Å². The number of hydrogen-bond acceptors (Lipinski definition) is 10. The lowest BCUT2D eigenvalue weighted by Gasteiger charge is -2.28. The molecule has 51 heavy (non-hydrogen) atoms. The summed E-state index contributed by atoms with van der Waals surface area (Å²) in [6, 6.07) is 22.1. The smallest absolute Gasteiger partial charge is 0.338 e. The van der Waals surface area contributed by atoms with Gasteiger partial charge < -0.3 is 34.3 Å². The van der Waals surface area contributed by atoms with Crippen molar-refractivity contribution in [2.24, 2.45) is 5.10 Å². The second kappa shape index (κ2) is 16.8. The monoisotopic (exact) mass is 694 g/mol. The molecule has 1 atom stereocenters. The molecule has 13 heteroatoms. The van der Waals surface area contributed by atoms with Crippen molar-refractivity contribution < 1.29 is 42.9 Å². The van der Waals surface area contributed by atoms with Crippen LogP contribution in [-0.4, -0.2) is 57.0 Å². The lowest BCUT2D eigenvalue weighted by molar-refractivity contribution is -0.139. The fourth-order valence-electron chi connectivity index (χ4n) is 5.40. The van der Waals surface area contributed by atoms with Crippen LogP contribution in [0.25, 0.3) is 10.8 Å². The number of allylic oxidation sites excluding steroid dienone is 1. The molecule has 0 radical (unpaired) electrons. The molecule has 0 spiro atoms. The van der Waals surface area contributed by atoms with Gasteiger partial charge in [0.15, 0.2) is 18.1 Å². The van der Waals surface area contributed by atoms with E-state index in [1.807, 2.05) is 36.4 Å². The number of nitrogens with zero attached hydrogens (tertiary/aromatic N) is 1. The predicted molar refractivity (Wildman–Crippen MR) is 189 cm³/mol. The first-order valence-corrected chi connectivity index (χ1v) is 16.2. The third kappa shape index (κ3) is 8.81. The Morgan fingerprint density at radius 1 is 0.863 bits per heavy atom. The van der Waals surface area contributed by atoms with Crippen molar-refractivity contribution >= 4 is 40.9 Å². The lowest BCUT2D eigenvalue weighted by atomic mass is 9.95. The molecule has 0 aromatic heterocycles. The molecule has 0 unspecified atom stereocenters. The molecule has 4 aromatic rings. The van der Waals surface area contributed by atoms with E-state index in [4.69, 9.17) is 23.7 Å². The fraction of sp³-hybridized carbons (Fsp3) is 0.237. The summed E-state index contributed by atoms with van der Waals surface area (Å²) in [6.45, 7) is 5.39. The molecular weight excluding hydrogens is 656 g/mol. The maximum absolute atomic E-state index is 12.8. The number of fused-ring (bicyclic) bond motifs is 1. The number of methoxy groups -OCH3 is 1. The van der Waals surface area contributed by atoms with E-state index in [-0.39, 0.29) is 42.9 Å². The Labute approximate surface area is 294 Å². The maximum atomic E-state index is 12.8. The van der Waals surface area contributed by atoms with Crippen molar-refractivity contribution in [3.63, 3.8) is 0 Å². The lowest BCUT2D eigenvalue weighted by Crippen LogP contribution is -2.45. The van der Waals surface area contributed by atoms with Gasteiger partial charge in [-0.3, -0.25) is 4.79 Å². The summed E-state index contributed by atoms with van der Waals surface area (Å²) >= 11 is 0. The molecule has 3 amide bonds. The number of ether oxygens (including phenoxy) is 5. The van der Waals surface area contributed by atoms with Crippen molar-refractivity contribution in [3.8, 4) is 17.2 Å². The number of hydrogen-bond donors (Lipinski definition) is 3. The number of esters is 2. The molecule has 0 saturated heterocycles. The third-order valence-electron chi connectivity index (χ3n) is 7.82. The summed E-state index contributed by atoms with van der Waals surface area (Å²) < 4.78 is 27.6. The van der Waals surface area contributed by atoms with Crippen LogP contribution in [0.3, 0.4) is 0 Å². The summed E-state index contributed by atoms with van der Waals surface area (Å²) in [5, 5.41) is 11.3. The average molecular weight is 695 g/mol. The van der Waals surface area contributed by atoms with Crippen LogP contribution in [0.5, 0.6) is 17.2 Å². The minimum atomic E-state index is -0.793. The molecular formula is C38H38N4O9. The van der Waals surface area contributed by atoms with Crippen LogP contribution < -0.4 is 30.3 Å². The minimum Gasteiger partial charge on any atom is -0.493 e. The van der Waals surface area contributed by atoms with Gasteiger partial charge in [-0.2, -0.15) is 5.10 Å². The van der Waals surface area contributed by atoms with Crippen molar-refractivity contribution in [2.75, 3.05) is 26.9 Å². The van der Waals surface area contributed by atoms with Crippen LogP contribution >= 0.6 is 0 Å². The summed E-state index contributed by atoms with van der Waals surface area (Å²) in [5.41, 5.74) is 5.63. The van der Waals surface area contributed by atoms with Crippen LogP contribution in [0.2, 0.25) is 0 Å². The Hall–Kier alpha value is -6.37. The molecule has 1 heterocycles. The molecule has 4 aromatic carbocycles. The summed E-state index contributed by atoms with van der Waals surface area (Å²) in [5.74, 6) is -0.387. The SMILES string of the molecule is CCOC(=O)C1=C(C)NC(=O)N[C@@H]1c1ccc(OCC(=O)N/N=C/c2c(OCc3ccc(C(=O)OCC)cc3)ccc3ccccc23)c(OC)c1. The average Bonchev–Trinajstić information content (AvgIpc) is 3.13. The molecule has 0 aliphatic carbocycles. The Bertz CT molecular complexity index is 1990. The first kappa shape index (κ1) is 35.9. The van der Waals surface area contributed by atoms with Gasteiger partial charge >= 0.3 is 18.0 Å². The highest BCUT2D eigenvalue weighted by Crippen LogP contribution is 2.35. The van der Waals surface area contributed by atoms with E-state index in [9.17, 15) is 19.2 Å². The van der Waals surface area contributed by atoms with Crippen molar-refractivity contribution in [3.05, 3.63) is 112 Å². The van der Waals surface area contributed by atoms with Crippen LogP contribution in [0, 0.1) is 0 Å². The summed E-state index contributed by atoms with van der Waals surface area (Å²) in [6.07, 6.45) is 1.51. The van der Waals surface area contributed by atoms with E-state index in [1.165, 1.54) is 13.3 Å². The third-order valence-corrected chi connectivity index (χ3v) is 7.82. The van der Waals surface area contributed by atoms with Gasteiger partial charge in [-0.1, -0.05) is 48.5 Å². The largest absolute Gasteiger partial charge is 0.493 e. The van der Waals surface area contributed by atoms with Crippen LogP contribution in [0.15, 0.2) is 95.2 Å². The topological polar surface area (TPSA) is 163 Å². The van der Waals surface area contributed by atoms with Crippen LogP contribution in [0.4, 0.5) is 4.79 Å². The van der Waals surface area contributed by atoms with Crippen LogP contribution in [-0.2, 0) is 25.7 Å². The zero-order valence-electron chi connectivity index (χ0n) is 28.6. The van der Waals surface area contributed by atoms with Gasteiger partial charge in [0.05, 0.1) is 43.7 Å². The highest BCUT2D eigenvalue weighted by atomic mass is 16.5. The summed E-state index contributed by atoms with van der Waals surface area (Å²) in [7, 11) is 1.44. The molecule has 1 aliphatic heterocycles. The zero-order chi connectivity index (χ0) is 36.3. The normalized spacial score (nSPS) is 14.0. The Morgan fingerprint density at radius 3 is 2.33 bits per heavy atom. The molecule has 0 saturated carbocycles. The Kier molecular flexibility index (Phi) is 11.9. The quantitative estimate of drug-likeness (QED) is 0.0901. The number of nitrogens with one attached hydrogen (secondary N) is 3. The Morgan fingerprint density at radius 2 is 1.59 bits per heavy atom. The molecule has 0 fully saturated rings. The molecule has 5 rings (SSSR count). The van der Waals surface area contributed by atoms with Gasteiger partial charge in [0.25, 0.3) is 5.91 Å². The highest BCUT2D eigenvalue weighted by molar-refractivity contribution is 6.02. The van der Waals surface area contributed by atoms with Crippen molar-refractivity contribution in [1.29, 1.82) is 0 Å². The molecule has 264 valence electrons.